The largest absolute Gasteiger partial charge is 0.378 e. The van der Waals surface area contributed by atoms with Gasteiger partial charge in [-0.3, -0.25) is 4.90 Å². The first kappa shape index (κ1) is 7.50. The molecule has 2 rings (SSSR count). The van der Waals surface area contributed by atoms with Gasteiger partial charge in [0.05, 0.1) is 19.3 Å². The van der Waals surface area contributed by atoms with Crippen LogP contribution in [0.5, 0.6) is 0 Å². The van der Waals surface area contributed by atoms with Crippen molar-refractivity contribution < 1.29 is 9.13 Å². The Balaban J connectivity index is 1.87. The molecule has 2 atom stereocenters. The van der Waals surface area contributed by atoms with Gasteiger partial charge in [-0.25, -0.2) is 4.39 Å². The highest BCUT2D eigenvalue weighted by atomic mass is 19.1. The fourth-order valence-corrected chi connectivity index (χ4v) is 1.70. The van der Waals surface area contributed by atoms with Crippen LogP contribution in [0.25, 0.3) is 0 Å². The number of rotatable bonds is 1. The minimum Gasteiger partial charge on any atom is -0.378 e. The molecule has 2 aliphatic rings. The number of halogens is 1. The summed E-state index contributed by atoms with van der Waals surface area (Å²) < 4.78 is 18.1. The van der Waals surface area contributed by atoms with Crippen molar-refractivity contribution in [3.05, 3.63) is 0 Å². The molecule has 2 fully saturated rings. The van der Waals surface area contributed by atoms with Crippen molar-refractivity contribution in [1.29, 1.82) is 0 Å². The molecule has 2 aliphatic heterocycles. The first-order valence-corrected chi connectivity index (χ1v) is 4.23. The van der Waals surface area contributed by atoms with E-state index in [0.29, 0.717) is 12.6 Å². The average Bonchev–Trinajstić information content (AvgIpc) is 2.08. The molecule has 0 spiro atoms. The van der Waals surface area contributed by atoms with Crippen LogP contribution in [0.15, 0.2) is 0 Å². The SMILES string of the molecule is C[C@@H]1CN(C2COC2)C[C@@H]1F. The first-order valence-electron chi connectivity index (χ1n) is 4.23. The molecule has 11 heavy (non-hydrogen) atoms. The van der Waals surface area contributed by atoms with E-state index in [1.165, 1.54) is 0 Å². The zero-order valence-corrected chi connectivity index (χ0v) is 6.79. The van der Waals surface area contributed by atoms with Gasteiger partial charge >= 0.3 is 0 Å². The number of likely N-dealkylation sites (tertiary alicyclic amines) is 1. The van der Waals surface area contributed by atoms with E-state index in [4.69, 9.17) is 4.74 Å². The molecule has 2 heterocycles. The van der Waals surface area contributed by atoms with Crippen molar-refractivity contribution in [2.24, 2.45) is 5.92 Å². The molecule has 0 saturated carbocycles. The third-order valence-corrected chi connectivity index (χ3v) is 2.69. The molecule has 2 saturated heterocycles. The summed E-state index contributed by atoms with van der Waals surface area (Å²) in [6.07, 6.45) is -0.615. The summed E-state index contributed by atoms with van der Waals surface area (Å²) in [7, 11) is 0. The molecule has 0 amide bonds. The van der Waals surface area contributed by atoms with Crippen LogP contribution in [-0.2, 0) is 4.74 Å². The Hall–Kier alpha value is -0.150. The maximum atomic E-state index is 13.0. The van der Waals surface area contributed by atoms with Gasteiger partial charge in [0.2, 0.25) is 0 Å². The fourth-order valence-electron chi connectivity index (χ4n) is 1.70. The maximum absolute atomic E-state index is 13.0. The summed E-state index contributed by atoms with van der Waals surface area (Å²) in [6.45, 7) is 5.12. The monoisotopic (exact) mass is 159 g/mol. The van der Waals surface area contributed by atoms with Gasteiger partial charge in [0.25, 0.3) is 0 Å². The zero-order chi connectivity index (χ0) is 7.84. The number of hydrogen-bond donors (Lipinski definition) is 0. The Labute approximate surface area is 66.3 Å². The van der Waals surface area contributed by atoms with Crippen molar-refractivity contribution >= 4 is 0 Å². The van der Waals surface area contributed by atoms with E-state index in [1.807, 2.05) is 6.92 Å². The van der Waals surface area contributed by atoms with E-state index in [9.17, 15) is 4.39 Å². The highest BCUT2D eigenvalue weighted by Crippen LogP contribution is 2.23. The highest BCUT2D eigenvalue weighted by Gasteiger charge is 2.36. The lowest BCUT2D eigenvalue weighted by atomic mass is 10.1. The third-order valence-electron chi connectivity index (χ3n) is 2.69. The van der Waals surface area contributed by atoms with Crippen LogP contribution in [-0.4, -0.2) is 43.4 Å². The number of nitrogens with zero attached hydrogens (tertiary/aromatic N) is 1. The van der Waals surface area contributed by atoms with Crippen LogP contribution in [0.3, 0.4) is 0 Å². The normalized spacial score (nSPS) is 40.9. The third kappa shape index (κ3) is 1.27. The Bertz CT molecular complexity index is 139. The molecule has 0 aliphatic carbocycles. The smallest absolute Gasteiger partial charge is 0.116 e. The molecule has 0 N–H and O–H groups in total. The lowest BCUT2D eigenvalue weighted by Crippen LogP contribution is -2.48. The Kier molecular flexibility index (Phi) is 1.85. The lowest BCUT2D eigenvalue weighted by molar-refractivity contribution is -0.0589. The average molecular weight is 159 g/mol. The standard InChI is InChI=1S/C8H14FNO/c1-6-2-10(3-8(6)9)7-4-11-5-7/h6-8H,2-5H2,1H3/t6-,8+/m1/s1. The predicted molar refractivity (Wildman–Crippen MR) is 40.2 cm³/mol. The fraction of sp³-hybridized carbons (Fsp3) is 1.00. The van der Waals surface area contributed by atoms with Crippen LogP contribution < -0.4 is 0 Å². The Morgan fingerprint density at radius 3 is 2.45 bits per heavy atom. The quantitative estimate of drug-likeness (QED) is 0.557. The second kappa shape index (κ2) is 2.72. The molecule has 0 radical (unpaired) electrons. The highest BCUT2D eigenvalue weighted by molar-refractivity contribution is 4.88. The second-order valence-electron chi connectivity index (χ2n) is 3.64. The van der Waals surface area contributed by atoms with E-state index in [1.54, 1.807) is 0 Å². The van der Waals surface area contributed by atoms with Crippen LogP contribution >= 0.6 is 0 Å². The van der Waals surface area contributed by atoms with Crippen molar-refractivity contribution in [3.8, 4) is 0 Å². The van der Waals surface area contributed by atoms with Crippen LogP contribution in [0.4, 0.5) is 4.39 Å². The minimum atomic E-state index is -0.615. The molecule has 64 valence electrons. The van der Waals surface area contributed by atoms with E-state index in [2.05, 4.69) is 4.90 Å². The number of ether oxygens (including phenoxy) is 1. The van der Waals surface area contributed by atoms with Gasteiger partial charge in [0, 0.05) is 19.0 Å². The van der Waals surface area contributed by atoms with Crippen molar-refractivity contribution in [1.82, 2.24) is 4.90 Å². The van der Waals surface area contributed by atoms with Gasteiger partial charge in [-0.1, -0.05) is 6.92 Å². The van der Waals surface area contributed by atoms with Gasteiger partial charge in [0.1, 0.15) is 6.17 Å². The number of hydrogen-bond acceptors (Lipinski definition) is 2. The second-order valence-corrected chi connectivity index (χ2v) is 3.64. The summed E-state index contributed by atoms with van der Waals surface area (Å²) in [5.74, 6) is 0.218. The number of alkyl halides is 1. The molecule has 0 bridgehead atoms. The molecular weight excluding hydrogens is 145 g/mol. The Morgan fingerprint density at radius 2 is 2.09 bits per heavy atom. The van der Waals surface area contributed by atoms with E-state index in [0.717, 1.165) is 19.8 Å². The van der Waals surface area contributed by atoms with Gasteiger partial charge in [-0.05, 0) is 0 Å². The van der Waals surface area contributed by atoms with E-state index in [-0.39, 0.29) is 5.92 Å². The lowest BCUT2D eigenvalue weighted by Gasteiger charge is -2.34. The molecule has 2 nitrogen and oxygen atoms in total. The molecule has 0 aromatic rings. The van der Waals surface area contributed by atoms with Gasteiger partial charge in [0.15, 0.2) is 0 Å². The summed E-state index contributed by atoms with van der Waals surface area (Å²) >= 11 is 0. The molecule has 3 heteroatoms. The van der Waals surface area contributed by atoms with E-state index >= 15 is 0 Å². The van der Waals surface area contributed by atoms with Crippen molar-refractivity contribution in [3.63, 3.8) is 0 Å². The van der Waals surface area contributed by atoms with Crippen molar-refractivity contribution in [2.45, 2.75) is 19.1 Å². The molecule has 0 aromatic carbocycles. The Morgan fingerprint density at radius 1 is 1.36 bits per heavy atom. The molecule has 0 unspecified atom stereocenters. The van der Waals surface area contributed by atoms with Crippen molar-refractivity contribution in [2.75, 3.05) is 26.3 Å². The zero-order valence-electron chi connectivity index (χ0n) is 6.79. The van der Waals surface area contributed by atoms with Gasteiger partial charge in [-0.15, -0.1) is 0 Å². The van der Waals surface area contributed by atoms with E-state index < -0.39 is 6.17 Å². The summed E-state index contributed by atoms with van der Waals surface area (Å²) in [5, 5.41) is 0. The first-order chi connectivity index (χ1) is 5.27. The molecule has 0 aromatic heterocycles. The van der Waals surface area contributed by atoms with Crippen LogP contribution in [0.2, 0.25) is 0 Å². The summed E-state index contributed by atoms with van der Waals surface area (Å²) in [4.78, 5) is 2.21. The maximum Gasteiger partial charge on any atom is 0.116 e. The van der Waals surface area contributed by atoms with Crippen LogP contribution in [0.1, 0.15) is 6.92 Å². The molecular formula is C8H14FNO. The topological polar surface area (TPSA) is 12.5 Å². The minimum absolute atomic E-state index is 0.218. The van der Waals surface area contributed by atoms with Crippen LogP contribution in [0, 0.1) is 5.92 Å². The van der Waals surface area contributed by atoms with Gasteiger partial charge < -0.3 is 4.74 Å². The predicted octanol–water partition coefficient (Wildman–Crippen LogP) is 0.675. The van der Waals surface area contributed by atoms with Gasteiger partial charge in [-0.2, -0.15) is 0 Å². The summed E-state index contributed by atoms with van der Waals surface area (Å²) in [6, 6.07) is 0.512. The summed E-state index contributed by atoms with van der Waals surface area (Å²) in [5.41, 5.74) is 0.